The van der Waals surface area contributed by atoms with Crippen molar-refractivity contribution < 1.29 is 0 Å². The predicted molar refractivity (Wildman–Crippen MR) is 77.9 cm³/mol. The summed E-state index contributed by atoms with van der Waals surface area (Å²) in [6, 6.07) is 0. The van der Waals surface area contributed by atoms with Crippen LogP contribution in [0.5, 0.6) is 0 Å². The molecule has 0 heteroatoms. The van der Waals surface area contributed by atoms with Gasteiger partial charge in [0.05, 0.1) is 0 Å². The van der Waals surface area contributed by atoms with E-state index in [-0.39, 0.29) is 0 Å². The van der Waals surface area contributed by atoms with Crippen LogP contribution in [-0.4, -0.2) is 0 Å². The Hall–Kier alpha value is -1.18. The van der Waals surface area contributed by atoms with Crippen molar-refractivity contribution in [3.05, 3.63) is 29.0 Å². The Morgan fingerprint density at radius 3 is 2.35 bits per heavy atom. The fourth-order valence-corrected chi connectivity index (χ4v) is 1.30. The number of hydrogen-bond acceptors (Lipinski definition) is 0. The third-order valence-electron chi connectivity index (χ3n) is 2.36. The number of hydrogen-bond donors (Lipinski definition) is 0. The molecule has 0 atom stereocenters. The van der Waals surface area contributed by atoms with E-state index in [0.29, 0.717) is 0 Å². The van der Waals surface area contributed by atoms with Gasteiger partial charge < -0.3 is 0 Å². The summed E-state index contributed by atoms with van der Waals surface area (Å²) < 4.78 is 0. The smallest absolute Gasteiger partial charge is 0.00922 e. The molecule has 0 radical (unpaired) electrons. The van der Waals surface area contributed by atoms with Crippen molar-refractivity contribution in [2.45, 2.75) is 66.2 Å². The maximum absolute atomic E-state index is 3.29. The highest BCUT2D eigenvalue weighted by molar-refractivity contribution is 5.31. The fraction of sp³-hybridized carbons (Fsp3) is 0.588. The van der Waals surface area contributed by atoms with Gasteiger partial charge in [0.2, 0.25) is 0 Å². The van der Waals surface area contributed by atoms with E-state index < -0.39 is 0 Å². The van der Waals surface area contributed by atoms with Gasteiger partial charge in [0.25, 0.3) is 0 Å². The van der Waals surface area contributed by atoms with Crippen molar-refractivity contribution in [2.24, 2.45) is 0 Å². The molecule has 0 unspecified atom stereocenters. The summed E-state index contributed by atoms with van der Waals surface area (Å²) in [4.78, 5) is 0. The molecule has 0 saturated carbocycles. The second kappa shape index (κ2) is 11.3. The highest BCUT2D eigenvalue weighted by atomic mass is 13.9. The van der Waals surface area contributed by atoms with Crippen molar-refractivity contribution in [3.63, 3.8) is 0 Å². The van der Waals surface area contributed by atoms with E-state index in [1.165, 1.54) is 36.8 Å². The fourth-order valence-electron chi connectivity index (χ4n) is 1.30. The zero-order valence-electron chi connectivity index (χ0n) is 11.9. The van der Waals surface area contributed by atoms with Crippen molar-refractivity contribution >= 4 is 0 Å². The van der Waals surface area contributed by atoms with Crippen molar-refractivity contribution in [3.8, 4) is 11.8 Å². The van der Waals surface area contributed by atoms with Gasteiger partial charge >= 0.3 is 0 Å². The van der Waals surface area contributed by atoms with Crippen LogP contribution in [0.2, 0.25) is 0 Å². The molecule has 94 valence electrons. The maximum Gasteiger partial charge on any atom is 0.00922 e. The van der Waals surface area contributed by atoms with Gasteiger partial charge in [-0.3, -0.25) is 0 Å². The molecule has 0 aromatic heterocycles. The van der Waals surface area contributed by atoms with E-state index in [9.17, 15) is 0 Å². The molecule has 0 N–H and O–H groups in total. The van der Waals surface area contributed by atoms with E-state index in [1.807, 2.05) is 6.08 Å². The Bertz CT molecular complexity index is 334. The number of allylic oxidation sites excluding steroid dienone is 3. The Morgan fingerprint density at radius 1 is 1.06 bits per heavy atom. The molecule has 0 amide bonds. The van der Waals surface area contributed by atoms with Gasteiger partial charge in [-0.25, -0.2) is 0 Å². The Morgan fingerprint density at radius 2 is 1.76 bits per heavy atom. The monoisotopic (exact) mass is 230 g/mol. The molecule has 0 aromatic carbocycles. The summed E-state index contributed by atoms with van der Waals surface area (Å²) in [5.74, 6) is 6.55. The second-order valence-corrected chi connectivity index (χ2v) is 4.51. The topological polar surface area (TPSA) is 0 Å². The third kappa shape index (κ3) is 11.1. The van der Waals surface area contributed by atoms with Gasteiger partial charge in [-0.2, -0.15) is 0 Å². The van der Waals surface area contributed by atoms with Crippen LogP contribution in [0.3, 0.4) is 0 Å². The Labute approximate surface area is 108 Å². The lowest BCUT2D eigenvalue weighted by Gasteiger charge is -1.96. The zero-order chi connectivity index (χ0) is 12.9. The number of rotatable bonds is 6. The molecule has 0 aliphatic heterocycles. The highest BCUT2D eigenvalue weighted by Gasteiger charge is 1.90. The van der Waals surface area contributed by atoms with Crippen LogP contribution in [0.4, 0.5) is 0 Å². The van der Waals surface area contributed by atoms with Crippen LogP contribution < -0.4 is 0 Å². The minimum Gasteiger partial charge on any atom is -0.122 e. The lowest BCUT2D eigenvalue weighted by molar-refractivity contribution is 0.800. The average Bonchev–Trinajstić information content (AvgIpc) is 2.30. The van der Waals surface area contributed by atoms with Crippen LogP contribution in [0.25, 0.3) is 0 Å². The molecule has 0 bridgehead atoms. The minimum atomic E-state index is 1.02. The molecule has 0 aliphatic carbocycles. The summed E-state index contributed by atoms with van der Waals surface area (Å²) in [6.07, 6.45) is 11.1. The van der Waals surface area contributed by atoms with Crippen LogP contribution in [0, 0.1) is 11.8 Å². The molecule has 17 heavy (non-hydrogen) atoms. The molecule has 0 saturated heterocycles. The summed E-state index contributed by atoms with van der Waals surface area (Å²) >= 11 is 0. The molecule has 0 heterocycles. The second-order valence-electron chi connectivity index (χ2n) is 4.51. The van der Waals surface area contributed by atoms with E-state index in [1.54, 1.807) is 0 Å². The third-order valence-corrected chi connectivity index (χ3v) is 2.36. The van der Waals surface area contributed by atoms with Gasteiger partial charge in [0.1, 0.15) is 0 Å². The Kier molecular flexibility index (Phi) is 10.5. The van der Waals surface area contributed by atoms with E-state index in [0.717, 1.165) is 12.8 Å². The molecule has 0 fully saturated rings. The van der Waals surface area contributed by atoms with E-state index >= 15 is 0 Å². The average molecular weight is 230 g/mol. The summed E-state index contributed by atoms with van der Waals surface area (Å²) in [7, 11) is 0. The molecular formula is C17H26. The van der Waals surface area contributed by atoms with Crippen LogP contribution in [0.1, 0.15) is 66.2 Å². The SMILES string of the molecule is CCCCC#C/C(=C\C=C=C(C)C)CCCC. The van der Waals surface area contributed by atoms with Crippen LogP contribution in [-0.2, 0) is 0 Å². The summed E-state index contributed by atoms with van der Waals surface area (Å²) in [6.45, 7) is 8.53. The van der Waals surface area contributed by atoms with Crippen molar-refractivity contribution in [1.29, 1.82) is 0 Å². The van der Waals surface area contributed by atoms with Gasteiger partial charge in [-0.1, -0.05) is 38.5 Å². The Balaban J connectivity index is 4.50. The quantitative estimate of drug-likeness (QED) is 0.247. The summed E-state index contributed by atoms with van der Waals surface area (Å²) in [5.41, 5.74) is 5.65. The first-order valence-corrected chi connectivity index (χ1v) is 6.78. The van der Waals surface area contributed by atoms with Gasteiger partial charge in [-0.15, -0.1) is 5.73 Å². The van der Waals surface area contributed by atoms with E-state index in [2.05, 4.69) is 51.3 Å². The maximum atomic E-state index is 3.29. The molecule has 0 aromatic rings. The van der Waals surface area contributed by atoms with E-state index in [4.69, 9.17) is 0 Å². The largest absolute Gasteiger partial charge is 0.122 e. The molecule has 0 spiro atoms. The normalized spacial score (nSPS) is 10.2. The molecule has 0 rings (SSSR count). The standard InChI is InChI=1S/C17H26/c1-5-7-9-10-14-17(13-8-6-2)15-11-12-16(3)4/h11,15H,5-9,13H2,1-4H3/b17-15-. The van der Waals surface area contributed by atoms with Gasteiger partial charge in [-0.05, 0) is 50.8 Å². The van der Waals surface area contributed by atoms with Crippen molar-refractivity contribution in [2.75, 3.05) is 0 Å². The lowest BCUT2D eigenvalue weighted by Crippen LogP contribution is -1.80. The van der Waals surface area contributed by atoms with Crippen LogP contribution >= 0.6 is 0 Å². The van der Waals surface area contributed by atoms with Gasteiger partial charge in [0.15, 0.2) is 0 Å². The van der Waals surface area contributed by atoms with Crippen LogP contribution in [0.15, 0.2) is 29.0 Å². The molecular weight excluding hydrogens is 204 g/mol. The predicted octanol–water partition coefficient (Wildman–Crippen LogP) is 5.42. The minimum absolute atomic E-state index is 1.02. The highest BCUT2D eigenvalue weighted by Crippen LogP contribution is 2.06. The lowest BCUT2D eigenvalue weighted by atomic mass is 10.1. The first-order valence-electron chi connectivity index (χ1n) is 6.78. The zero-order valence-corrected chi connectivity index (χ0v) is 11.9. The molecule has 0 aliphatic rings. The first-order chi connectivity index (χ1) is 8.20. The molecule has 0 nitrogen and oxygen atoms in total. The van der Waals surface area contributed by atoms with Gasteiger partial charge in [0, 0.05) is 12.0 Å². The van der Waals surface area contributed by atoms with Crippen molar-refractivity contribution in [1.82, 2.24) is 0 Å². The number of unbranched alkanes of at least 4 members (excludes halogenated alkanes) is 3. The summed E-state index contributed by atoms with van der Waals surface area (Å²) in [5, 5.41) is 0. The first kappa shape index (κ1) is 15.8.